The summed E-state index contributed by atoms with van der Waals surface area (Å²) in [6.45, 7) is -0.273. The maximum absolute atomic E-state index is 13.2. The van der Waals surface area contributed by atoms with Crippen molar-refractivity contribution in [1.29, 1.82) is 0 Å². The van der Waals surface area contributed by atoms with Crippen LogP contribution in [0.15, 0.2) is 12.1 Å². The summed E-state index contributed by atoms with van der Waals surface area (Å²) in [5.41, 5.74) is -0.135. The Bertz CT molecular complexity index is 510. The molecule has 2 N–H and O–H groups in total. The molecule has 1 atom stereocenters. The molecule has 8 heteroatoms. The Hall–Kier alpha value is -1.37. The van der Waals surface area contributed by atoms with Gasteiger partial charge < -0.3 is 15.2 Å². The van der Waals surface area contributed by atoms with E-state index < -0.39 is 23.8 Å². The number of nitrogens with one attached hydrogen (secondary N) is 1. The summed E-state index contributed by atoms with van der Waals surface area (Å²) >= 11 is 11.2. The fourth-order valence-corrected chi connectivity index (χ4v) is 1.72. The van der Waals surface area contributed by atoms with Gasteiger partial charge in [0.25, 0.3) is 5.91 Å². The molecule has 1 unspecified atom stereocenters. The second kappa shape index (κ2) is 6.70. The summed E-state index contributed by atoms with van der Waals surface area (Å²) in [4.78, 5) is 22.4. The number of benzene rings is 1. The first-order chi connectivity index (χ1) is 8.86. The SMILES string of the molecule is COC(CNC(=O)c1cc(F)c(Cl)cc1Cl)C(=O)O. The van der Waals surface area contributed by atoms with E-state index in [0.717, 1.165) is 12.1 Å². The van der Waals surface area contributed by atoms with Crippen molar-refractivity contribution in [2.75, 3.05) is 13.7 Å². The fraction of sp³-hybridized carbons (Fsp3) is 0.273. The lowest BCUT2D eigenvalue weighted by Gasteiger charge is -2.12. The molecule has 0 heterocycles. The average molecular weight is 310 g/mol. The van der Waals surface area contributed by atoms with Gasteiger partial charge in [-0.15, -0.1) is 0 Å². The van der Waals surface area contributed by atoms with Gasteiger partial charge in [-0.05, 0) is 12.1 Å². The fourth-order valence-electron chi connectivity index (χ4n) is 1.25. The van der Waals surface area contributed by atoms with Crippen LogP contribution in [0.1, 0.15) is 10.4 Å². The van der Waals surface area contributed by atoms with Crippen molar-refractivity contribution >= 4 is 35.1 Å². The molecule has 5 nitrogen and oxygen atoms in total. The first-order valence-electron chi connectivity index (χ1n) is 5.05. The van der Waals surface area contributed by atoms with Crippen molar-refractivity contribution < 1.29 is 23.8 Å². The zero-order chi connectivity index (χ0) is 14.6. The molecule has 1 aromatic rings. The number of carbonyl (C=O) groups excluding carboxylic acids is 1. The minimum atomic E-state index is -1.23. The third-order valence-electron chi connectivity index (χ3n) is 2.26. The minimum absolute atomic E-state index is 0.0341. The van der Waals surface area contributed by atoms with Gasteiger partial charge in [0.1, 0.15) is 5.82 Å². The van der Waals surface area contributed by atoms with Gasteiger partial charge in [0.15, 0.2) is 6.10 Å². The van der Waals surface area contributed by atoms with Crippen molar-refractivity contribution in [2.24, 2.45) is 0 Å². The van der Waals surface area contributed by atoms with Crippen molar-refractivity contribution in [2.45, 2.75) is 6.10 Å². The molecule has 0 saturated carbocycles. The first-order valence-corrected chi connectivity index (χ1v) is 5.80. The van der Waals surface area contributed by atoms with E-state index in [1.54, 1.807) is 0 Å². The number of rotatable bonds is 5. The summed E-state index contributed by atoms with van der Waals surface area (Å²) < 4.78 is 17.9. The van der Waals surface area contributed by atoms with Crippen LogP contribution in [0, 0.1) is 5.82 Å². The standard InChI is InChI=1S/C11H10Cl2FNO4/c1-19-9(11(17)18)4-15-10(16)5-2-8(14)7(13)3-6(5)12/h2-3,9H,4H2,1H3,(H,15,16)(H,17,18). The molecule has 1 amide bonds. The number of amides is 1. The quantitative estimate of drug-likeness (QED) is 0.815. The summed E-state index contributed by atoms with van der Waals surface area (Å²) in [6.07, 6.45) is -1.19. The predicted molar refractivity (Wildman–Crippen MR) is 67.2 cm³/mol. The van der Waals surface area contributed by atoms with E-state index >= 15 is 0 Å². The molecule has 0 saturated heterocycles. The largest absolute Gasteiger partial charge is 0.479 e. The third kappa shape index (κ3) is 4.05. The highest BCUT2D eigenvalue weighted by molar-refractivity contribution is 6.36. The number of halogens is 3. The molecule has 0 spiro atoms. The minimum Gasteiger partial charge on any atom is -0.479 e. The number of carboxylic acids is 1. The van der Waals surface area contributed by atoms with Crippen LogP contribution < -0.4 is 5.32 Å². The number of hydrogen-bond donors (Lipinski definition) is 2. The zero-order valence-corrected chi connectivity index (χ0v) is 11.3. The Morgan fingerprint density at radius 1 is 1.42 bits per heavy atom. The predicted octanol–water partition coefficient (Wildman–Crippen LogP) is 1.96. The van der Waals surface area contributed by atoms with Gasteiger partial charge in [-0.2, -0.15) is 0 Å². The summed E-state index contributed by atoms with van der Waals surface area (Å²) in [7, 11) is 1.19. The van der Waals surface area contributed by atoms with Gasteiger partial charge in [0, 0.05) is 7.11 Å². The van der Waals surface area contributed by atoms with E-state index in [9.17, 15) is 14.0 Å². The molecule has 0 aromatic heterocycles. The van der Waals surface area contributed by atoms with Crippen molar-refractivity contribution in [3.8, 4) is 0 Å². The van der Waals surface area contributed by atoms with Crippen LogP contribution >= 0.6 is 23.2 Å². The van der Waals surface area contributed by atoms with Gasteiger partial charge in [-0.3, -0.25) is 4.79 Å². The van der Waals surface area contributed by atoms with Gasteiger partial charge >= 0.3 is 5.97 Å². The van der Waals surface area contributed by atoms with Crippen LogP contribution in [0.3, 0.4) is 0 Å². The van der Waals surface area contributed by atoms with Gasteiger partial charge in [0.2, 0.25) is 0 Å². The first kappa shape index (κ1) is 15.7. The normalized spacial score (nSPS) is 12.0. The molecule has 0 aliphatic heterocycles. The van der Waals surface area contributed by atoms with E-state index in [0.29, 0.717) is 0 Å². The molecule has 19 heavy (non-hydrogen) atoms. The lowest BCUT2D eigenvalue weighted by atomic mass is 10.2. The van der Waals surface area contributed by atoms with Gasteiger partial charge in [-0.1, -0.05) is 23.2 Å². The van der Waals surface area contributed by atoms with Crippen molar-refractivity contribution in [1.82, 2.24) is 5.32 Å². The molecule has 0 aliphatic rings. The Kier molecular flexibility index (Phi) is 5.53. The molecular weight excluding hydrogens is 300 g/mol. The topological polar surface area (TPSA) is 75.6 Å². The van der Waals surface area contributed by atoms with Crippen LogP contribution in [0.4, 0.5) is 4.39 Å². The van der Waals surface area contributed by atoms with Crippen LogP contribution in [0.25, 0.3) is 0 Å². The maximum atomic E-state index is 13.2. The van der Waals surface area contributed by atoms with E-state index in [1.165, 1.54) is 7.11 Å². The van der Waals surface area contributed by atoms with Crippen LogP contribution in [0.2, 0.25) is 10.0 Å². The molecule has 0 aliphatic carbocycles. The smallest absolute Gasteiger partial charge is 0.334 e. The van der Waals surface area contributed by atoms with Crippen LogP contribution in [0.5, 0.6) is 0 Å². The molecule has 0 radical (unpaired) electrons. The van der Waals surface area contributed by atoms with Crippen molar-refractivity contribution in [3.63, 3.8) is 0 Å². The molecule has 1 aromatic carbocycles. The summed E-state index contributed by atoms with van der Waals surface area (Å²) in [5.74, 6) is -2.74. The van der Waals surface area contributed by atoms with Crippen LogP contribution in [-0.2, 0) is 9.53 Å². The molecular formula is C11H10Cl2FNO4. The monoisotopic (exact) mass is 309 g/mol. The highest BCUT2D eigenvalue weighted by Gasteiger charge is 2.19. The van der Waals surface area contributed by atoms with E-state index in [2.05, 4.69) is 10.1 Å². The maximum Gasteiger partial charge on any atom is 0.334 e. The highest BCUT2D eigenvalue weighted by Crippen LogP contribution is 2.24. The molecule has 0 fully saturated rings. The number of carboxylic acid groups (broad SMARTS) is 1. The highest BCUT2D eigenvalue weighted by atomic mass is 35.5. The molecule has 1 rings (SSSR count). The van der Waals surface area contributed by atoms with E-state index in [-0.39, 0.29) is 22.2 Å². The third-order valence-corrected chi connectivity index (χ3v) is 2.86. The summed E-state index contributed by atoms with van der Waals surface area (Å²) in [5, 5.41) is 10.8. The van der Waals surface area contributed by atoms with E-state index in [1.807, 2.05) is 0 Å². The Morgan fingerprint density at radius 2 is 2.05 bits per heavy atom. The second-order valence-corrected chi connectivity index (χ2v) is 4.33. The number of carbonyl (C=O) groups is 2. The lowest BCUT2D eigenvalue weighted by molar-refractivity contribution is -0.148. The number of ether oxygens (including phenoxy) is 1. The van der Waals surface area contributed by atoms with Crippen LogP contribution in [-0.4, -0.2) is 36.7 Å². The lowest BCUT2D eigenvalue weighted by Crippen LogP contribution is -2.37. The molecule has 0 bridgehead atoms. The number of hydrogen-bond acceptors (Lipinski definition) is 3. The second-order valence-electron chi connectivity index (χ2n) is 3.52. The summed E-state index contributed by atoms with van der Waals surface area (Å²) in [6, 6.07) is 1.97. The zero-order valence-electron chi connectivity index (χ0n) is 9.75. The van der Waals surface area contributed by atoms with Gasteiger partial charge in [0.05, 0.1) is 22.2 Å². The van der Waals surface area contributed by atoms with Crippen molar-refractivity contribution in [3.05, 3.63) is 33.6 Å². The Labute approximate surface area is 118 Å². The Morgan fingerprint density at radius 3 is 2.58 bits per heavy atom. The molecule has 104 valence electrons. The number of methoxy groups -OCH3 is 1. The van der Waals surface area contributed by atoms with E-state index in [4.69, 9.17) is 28.3 Å². The number of aliphatic carboxylic acids is 1. The average Bonchev–Trinajstić information content (AvgIpc) is 2.33. The van der Waals surface area contributed by atoms with Gasteiger partial charge in [-0.25, -0.2) is 9.18 Å². The Balaban J connectivity index is 2.79.